The number of aromatic nitrogens is 3. The molecule has 3 aromatic rings. The van der Waals surface area contributed by atoms with Crippen molar-refractivity contribution in [2.45, 2.75) is 52.2 Å². The van der Waals surface area contributed by atoms with Crippen LogP contribution >= 0.6 is 15.6 Å². The van der Waals surface area contributed by atoms with Gasteiger partial charge in [0.15, 0.2) is 0 Å². The normalized spacial score (nSPS) is 18.4. The Balaban J connectivity index is 0.00000119. The van der Waals surface area contributed by atoms with Crippen LogP contribution in [-0.2, 0) is 106 Å². The summed E-state index contributed by atoms with van der Waals surface area (Å²) >= 11 is 0. The van der Waals surface area contributed by atoms with Gasteiger partial charge in [0.05, 0.1) is 80.8 Å². The van der Waals surface area contributed by atoms with Crippen molar-refractivity contribution in [2.75, 3.05) is 78.9 Å². The van der Waals surface area contributed by atoms with E-state index in [4.69, 9.17) is 45.6 Å². The van der Waals surface area contributed by atoms with Crippen molar-refractivity contribution in [3.63, 3.8) is 0 Å². The van der Waals surface area contributed by atoms with Crippen LogP contribution in [0.3, 0.4) is 0 Å². The van der Waals surface area contributed by atoms with Crippen molar-refractivity contribution in [3.8, 4) is 0 Å². The summed E-state index contributed by atoms with van der Waals surface area (Å²) in [5, 5.41) is 54.0. The van der Waals surface area contributed by atoms with Crippen LogP contribution in [0.4, 0.5) is 50.4 Å². The Labute approximate surface area is 575 Å². The van der Waals surface area contributed by atoms with Crippen LogP contribution in [0.2, 0.25) is 0 Å². The third kappa shape index (κ3) is 38.9. The van der Waals surface area contributed by atoms with E-state index in [-0.39, 0.29) is 126 Å². The second-order valence-corrected chi connectivity index (χ2v) is 23.7. The van der Waals surface area contributed by atoms with Crippen molar-refractivity contribution >= 4 is 15.6 Å². The average Bonchev–Trinajstić information content (AvgIpc) is 1.27. The number of aliphatic hydroxyl groups excluding tert-OH is 6. The number of halogens is 12. The average molecular weight is 1650 g/mol. The molecule has 9 rings (SSSR count). The Hall–Kier alpha value is -4.35. The first-order valence-electron chi connectivity index (χ1n) is 26.9. The van der Waals surface area contributed by atoms with Crippen LogP contribution in [0.25, 0.3) is 0 Å². The smallest absolute Gasteiger partial charge is 0.0582 e. The van der Waals surface area contributed by atoms with Gasteiger partial charge in [-0.1, -0.05) is 24.3 Å². The van der Waals surface area contributed by atoms with E-state index in [1.165, 1.54) is 0 Å². The maximum atomic E-state index is 9.87. The minimum atomic E-state index is -10.7. The van der Waals surface area contributed by atoms with Crippen LogP contribution in [0, 0.1) is 46.6 Å². The number of aliphatic hydroxyl groups is 6. The summed E-state index contributed by atoms with van der Waals surface area (Å²) in [5.74, 6) is 0.331. The first-order valence-corrected chi connectivity index (χ1v) is 31.0. The molecule has 0 fully saturated rings. The number of pyridine rings is 3. The van der Waals surface area contributed by atoms with Crippen LogP contribution in [-0.4, -0.2) is 190 Å². The van der Waals surface area contributed by atoms with E-state index < -0.39 is 15.6 Å². The molecule has 92 heavy (non-hydrogen) atoms. The summed E-state index contributed by atoms with van der Waals surface area (Å²) in [5.41, 5.74) is 6.11. The molecule has 0 spiro atoms. The Morgan fingerprint density at radius 3 is 0.946 bits per heavy atom. The van der Waals surface area contributed by atoms with E-state index in [0.29, 0.717) is 71.4 Å². The van der Waals surface area contributed by atoms with Gasteiger partial charge >= 0.3 is 66.0 Å². The maximum absolute atomic E-state index is 10.7. The summed E-state index contributed by atoms with van der Waals surface area (Å²) in [7, 11) is -21.3. The molecule has 2 unspecified atom stereocenters. The third-order valence-electron chi connectivity index (χ3n) is 12.2. The summed E-state index contributed by atoms with van der Waals surface area (Å²) < 4.78 is 118. The molecule has 0 aromatic carbocycles. The summed E-state index contributed by atoms with van der Waals surface area (Å²) in [6.07, 6.45) is 25.1. The SMILES string of the molecule is CC1N(CCO)C=CN1Cc1cccc(CN2C=CN(CCO)[CH-]2)n1.F[P-](F)(F)(F)(F)F.F[P-](F)(F)(F)(F)F.OCCN1C=CC(Cc2cccc(CN3C=CN(CCO)[CH-]3)n2)[CH-]1.OCCN1C=CN(Cc2cccc(CN3C=CN(CCO)[CH-]3)n2)[CH-]1.[Ag].[Ag].[Ag].[CH3-].[OH-]. The van der Waals surface area contributed by atoms with Gasteiger partial charge in [-0.15, -0.1) is 5.92 Å². The van der Waals surface area contributed by atoms with Gasteiger partial charge in [-0.25, -0.2) is 6.54 Å². The van der Waals surface area contributed by atoms with E-state index in [1.54, 1.807) is 0 Å². The topological polar surface area (TPSA) is 226 Å². The molecule has 6 aliphatic heterocycles. The summed E-state index contributed by atoms with van der Waals surface area (Å²) in [4.78, 5) is 36.6. The molecule has 3 aromatic heterocycles. The molecule has 0 amide bonds. The molecule has 2 atom stereocenters. The van der Waals surface area contributed by atoms with Gasteiger partial charge < -0.3 is 97.4 Å². The van der Waals surface area contributed by atoms with Crippen molar-refractivity contribution in [1.82, 2.24) is 68.9 Å². The maximum Gasteiger partial charge on any atom is 0.0582 e. The molecule has 541 valence electrons. The fourth-order valence-electron chi connectivity index (χ4n) is 8.56. The fraction of sp³-hybridized carbons (Fsp3) is 0.389. The van der Waals surface area contributed by atoms with Gasteiger partial charge in [-0.2, -0.15) is 26.7 Å². The first-order chi connectivity index (χ1) is 40.6. The monoisotopic (exact) mass is 1640 g/mol. The zero-order valence-electron chi connectivity index (χ0n) is 49.6. The van der Waals surface area contributed by atoms with E-state index >= 15 is 0 Å². The van der Waals surface area contributed by atoms with Crippen molar-refractivity contribution in [2.24, 2.45) is 5.92 Å². The van der Waals surface area contributed by atoms with Crippen LogP contribution in [0.15, 0.2) is 129 Å². The van der Waals surface area contributed by atoms with Crippen molar-refractivity contribution in [3.05, 3.63) is 204 Å². The predicted octanol–water partition coefficient (Wildman–Crippen LogP) is 9.15. The molecule has 0 aliphatic carbocycles. The number of hydrogen-bond donors (Lipinski definition) is 6. The van der Waals surface area contributed by atoms with Crippen LogP contribution < -0.4 is 0 Å². The zero-order valence-corrected chi connectivity index (χ0v) is 55.9. The van der Waals surface area contributed by atoms with E-state index in [2.05, 4.69) is 51.4 Å². The van der Waals surface area contributed by atoms with Gasteiger partial charge in [0, 0.05) is 151 Å². The fourth-order valence-corrected chi connectivity index (χ4v) is 8.56. The van der Waals surface area contributed by atoms with Crippen LogP contribution in [0.5, 0.6) is 0 Å². The zero-order chi connectivity index (χ0) is 64.0. The van der Waals surface area contributed by atoms with E-state index in [9.17, 15) is 50.4 Å². The molecule has 0 bridgehead atoms. The predicted molar refractivity (Wildman–Crippen MR) is 312 cm³/mol. The van der Waals surface area contributed by atoms with Gasteiger partial charge in [0.2, 0.25) is 0 Å². The first kappa shape index (κ1) is 87.7. The molecule has 7 N–H and O–H groups in total. The minimum Gasteiger partial charge on any atom is -0.870 e. The molecule has 6 aliphatic rings. The van der Waals surface area contributed by atoms with Gasteiger partial charge in [-0.05, 0) is 106 Å². The molecule has 0 saturated heterocycles. The minimum absolute atomic E-state index is 0. The van der Waals surface area contributed by atoms with Crippen molar-refractivity contribution < 1.29 is 154 Å². The van der Waals surface area contributed by atoms with E-state index in [0.717, 1.165) is 47.1 Å². The number of nitrogens with zero attached hydrogens (tertiary/aromatic N) is 14. The summed E-state index contributed by atoms with van der Waals surface area (Å²) in [6, 6.07) is 18.3. The Kier molecular flexibility index (Phi) is 36.0. The standard InChI is InChI=1S/C18H26N5O2.C18H24N4O2.C17H23N5O2.CH3.3Ag.2F6P.H2O/c1-16-22(10-12-25)7-8-23(16)14-18-4-2-3-17(19-18)13-21-6-5-20(15-21)9-11-24;23-10-8-20-5-4-16(13-20)12-17-2-1-3-18(19-17)14-22-7-6-21(15-22)9-11-24;23-10-8-19-4-6-21(14-19)12-16-2-1-3-17(18-16)13-22-7-5-20(15-22)9-11-24;;;;;2*1-7(2,3,4,5)6;/h2-8,15-16,24-25H,9-14H2,1H3;1-7,13,15-16,23-24H,8-12,14H2;1-7,14-15,23-24H,8-13H2;1H3;;;;;;1H2/q-1;2*-2;-1;;;;2*-1;/p-1. The molecule has 38 heteroatoms. The second kappa shape index (κ2) is 37.8. The summed E-state index contributed by atoms with van der Waals surface area (Å²) in [6.45, 7) is 20.2. The molecule has 21 nitrogen and oxygen atoms in total. The number of rotatable bonds is 24. The third-order valence-corrected chi connectivity index (χ3v) is 12.2. The van der Waals surface area contributed by atoms with Crippen molar-refractivity contribution in [1.29, 1.82) is 0 Å². The molecule has 0 saturated carbocycles. The van der Waals surface area contributed by atoms with Gasteiger partial charge in [0.25, 0.3) is 0 Å². The van der Waals surface area contributed by atoms with Gasteiger partial charge in [-0.3, -0.25) is 15.0 Å². The number of β-amino-alcohol motifs (C(OH)–C–C–N with tert-alkyl or cyclic N) is 6. The molecular formula is C54H77Ag3F12N14O7P2-9. The van der Waals surface area contributed by atoms with Crippen LogP contribution in [0.1, 0.15) is 41.1 Å². The van der Waals surface area contributed by atoms with Gasteiger partial charge in [0.1, 0.15) is 0 Å². The quantitative estimate of drug-likeness (QED) is 0.0213. The molecule has 3 radical (unpaired) electrons. The second-order valence-electron chi connectivity index (χ2n) is 19.9. The Morgan fingerprint density at radius 1 is 0.370 bits per heavy atom. The molecule has 9 heterocycles. The van der Waals surface area contributed by atoms with E-state index in [1.807, 2.05) is 172 Å². The Bertz CT molecular complexity index is 2580. The Morgan fingerprint density at radius 2 is 0.630 bits per heavy atom. The number of hydrogen-bond acceptors (Lipinski definition) is 21. The largest absolute Gasteiger partial charge is 0.870 e. The molecular weight excluding hydrogens is 1570 g/mol.